The van der Waals surface area contributed by atoms with Crippen molar-refractivity contribution in [3.05, 3.63) is 5.28 Å². The molecule has 26 heteroatoms. The van der Waals surface area contributed by atoms with Gasteiger partial charge in [-0.15, -0.1) is 9.97 Å². The summed E-state index contributed by atoms with van der Waals surface area (Å²) in [6.45, 7) is 2.00. The molecule has 5 rings (SSSR count). The van der Waals surface area contributed by atoms with Crippen LogP contribution < -0.4 is 64.0 Å². The van der Waals surface area contributed by atoms with Crippen molar-refractivity contribution < 1.29 is 23.7 Å². The Hall–Kier alpha value is -5.95. The van der Waals surface area contributed by atoms with E-state index in [4.69, 9.17) is 64.1 Å². The summed E-state index contributed by atoms with van der Waals surface area (Å²) in [4.78, 5) is 44.6. The Morgan fingerprint density at radius 3 is 1.17 bits per heavy atom. The molecule has 1 aliphatic rings. The highest BCUT2D eigenvalue weighted by atomic mass is 35.5. The summed E-state index contributed by atoms with van der Waals surface area (Å²) in [6.07, 6.45) is 2.56. The Kier molecular flexibility index (Phi) is 15.2. The number of nitrogens with two attached hydrogens (primary N) is 5. The van der Waals surface area contributed by atoms with Gasteiger partial charge in [-0.3, -0.25) is 16.3 Å². The number of nitrogens with zero attached hydrogens (tertiary/aromatic N) is 12. The number of methoxy groups -OCH3 is 4. The van der Waals surface area contributed by atoms with E-state index >= 15 is 0 Å². The second kappa shape index (κ2) is 19.4. The Bertz CT molecular complexity index is 1350. The van der Waals surface area contributed by atoms with Gasteiger partial charge in [-0.25, -0.2) is 5.84 Å². The zero-order valence-corrected chi connectivity index (χ0v) is 25.8. The van der Waals surface area contributed by atoms with Gasteiger partial charge in [-0.1, -0.05) is 0 Å². The van der Waals surface area contributed by atoms with Crippen molar-refractivity contribution in [1.29, 1.82) is 0 Å². The van der Waals surface area contributed by atoms with Crippen LogP contribution in [0.15, 0.2) is 0 Å². The lowest BCUT2D eigenvalue weighted by molar-refractivity contribution is 0.198. The van der Waals surface area contributed by atoms with Crippen LogP contribution in [0.3, 0.4) is 0 Å². The van der Waals surface area contributed by atoms with Crippen LogP contribution in [-0.4, -0.2) is 101 Å². The average molecular weight is 669 g/mol. The van der Waals surface area contributed by atoms with Crippen LogP contribution in [0, 0.1) is 0 Å². The van der Waals surface area contributed by atoms with E-state index in [2.05, 4.69) is 76.1 Å². The molecule has 0 aromatic carbocycles. The van der Waals surface area contributed by atoms with Gasteiger partial charge in [0.15, 0.2) is 0 Å². The maximum atomic E-state index is 5.43. The lowest BCUT2D eigenvalue weighted by Crippen LogP contribution is -2.16. The van der Waals surface area contributed by atoms with Crippen LogP contribution in [0.1, 0.15) is 12.8 Å². The fourth-order valence-corrected chi connectivity index (χ4v) is 2.80. The van der Waals surface area contributed by atoms with Gasteiger partial charge in [0, 0.05) is 13.2 Å². The van der Waals surface area contributed by atoms with Gasteiger partial charge >= 0.3 is 24.0 Å². The Morgan fingerprint density at radius 1 is 0.522 bits per heavy atom. The third-order valence-electron chi connectivity index (χ3n) is 4.47. The third-order valence-corrected chi connectivity index (χ3v) is 4.64. The standard InChI is InChI=1S/C8H12N10O2.C5H9N5O2.C4H8O.C3H4ClN5/c1-19-7-14-6(15-8(16-7)20-2)18-17-5-12-3(9)11-4(10)13-5;1-11-4-7-3(10-6)8-5(9-4)12-2;1-2-4-5-3-1;4-1-7-2(5)9-3(6)8-1/h1-2H3,(H,14,15,16,18)(H5,9,10,11,12,13,17);6H2,1-2H3,(H,7,8,9,10);1-4H2;(H4,5,6,7,8,9). The van der Waals surface area contributed by atoms with Crippen molar-refractivity contribution >= 4 is 53.2 Å². The maximum absolute atomic E-state index is 5.43. The molecule has 0 bridgehead atoms. The number of halogens is 1. The highest BCUT2D eigenvalue weighted by molar-refractivity contribution is 6.28. The normalized spacial score (nSPS) is 11.2. The molecule has 0 aliphatic carbocycles. The van der Waals surface area contributed by atoms with Gasteiger partial charge in [0.05, 0.1) is 28.4 Å². The minimum Gasteiger partial charge on any atom is -0.467 e. The summed E-state index contributed by atoms with van der Waals surface area (Å²) in [7, 11) is 5.71. The minimum atomic E-state index is -0.0207. The fourth-order valence-electron chi connectivity index (χ4n) is 2.63. The average Bonchev–Trinajstić information content (AvgIpc) is 3.63. The number of hydrogen-bond acceptors (Lipinski definition) is 25. The summed E-state index contributed by atoms with van der Waals surface area (Å²) < 4.78 is 24.3. The largest absolute Gasteiger partial charge is 0.467 e. The van der Waals surface area contributed by atoms with Crippen LogP contribution >= 0.6 is 11.6 Å². The van der Waals surface area contributed by atoms with Gasteiger partial charge in [0.2, 0.25) is 41.0 Å². The molecule has 46 heavy (non-hydrogen) atoms. The van der Waals surface area contributed by atoms with Crippen LogP contribution in [0.2, 0.25) is 5.28 Å². The first-order valence-corrected chi connectivity index (χ1v) is 12.9. The van der Waals surface area contributed by atoms with Crippen molar-refractivity contribution in [1.82, 2.24) is 59.8 Å². The zero-order chi connectivity index (χ0) is 33.9. The van der Waals surface area contributed by atoms with Gasteiger partial charge in [0.25, 0.3) is 5.95 Å². The third kappa shape index (κ3) is 13.6. The Labute approximate surface area is 265 Å². The molecule has 1 fully saturated rings. The van der Waals surface area contributed by atoms with Crippen molar-refractivity contribution in [2.45, 2.75) is 12.8 Å². The quantitative estimate of drug-likeness (QED) is 0.0768. The van der Waals surface area contributed by atoms with Crippen LogP contribution in [0.25, 0.3) is 0 Å². The van der Waals surface area contributed by atoms with E-state index in [1.54, 1.807) is 0 Å². The monoisotopic (exact) mass is 668 g/mol. The SMILES string of the molecule is C1CCOC1.COc1nc(NN)nc(OC)n1.COc1nc(NNc2nc(N)nc(N)n2)nc(OC)n1.Nc1nc(N)nc(Cl)n1. The number of ether oxygens (including phenoxy) is 5. The molecule has 0 amide bonds. The summed E-state index contributed by atoms with van der Waals surface area (Å²) >= 11 is 5.33. The number of anilines is 7. The van der Waals surface area contributed by atoms with E-state index in [-0.39, 0.29) is 71.0 Å². The van der Waals surface area contributed by atoms with E-state index in [9.17, 15) is 0 Å². The zero-order valence-electron chi connectivity index (χ0n) is 25.0. The smallest absolute Gasteiger partial charge is 0.324 e. The molecule has 25 nitrogen and oxygen atoms in total. The molecule has 0 spiro atoms. The van der Waals surface area contributed by atoms with Crippen molar-refractivity contribution in [2.75, 3.05) is 80.9 Å². The van der Waals surface area contributed by atoms with Crippen LogP contribution in [0.4, 0.5) is 41.6 Å². The van der Waals surface area contributed by atoms with E-state index < -0.39 is 0 Å². The molecule has 1 saturated heterocycles. The van der Waals surface area contributed by atoms with Gasteiger partial charge in [-0.05, 0) is 24.4 Å². The molecule has 250 valence electrons. The van der Waals surface area contributed by atoms with Crippen molar-refractivity contribution in [3.63, 3.8) is 0 Å². The summed E-state index contributed by atoms with van der Waals surface area (Å²) in [5.74, 6) is 5.54. The molecule has 0 unspecified atom stereocenters. The lowest BCUT2D eigenvalue weighted by atomic mass is 10.4. The van der Waals surface area contributed by atoms with Gasteiger partial charge in [0.1, 0.15) is 0 Å². The number of hydrogen-bond donors (Lipinski definition) is 8. The predicted molar refractivity (Wildman–Crippen MR) is 163 cm³/mol. The van der Waals surface area contributed by atoms with Crippen molar-refractivity contribution in [2.24, 2.45) is 5.84 Å². The number of rotatable bonds is 8. The highest BCUT2D eigenvalue weighted by Gasteiger charge is 2.08. The number of nitrogens with one attached hydrogen (secondary N) is 3. The van der Waals surface area contributed by atoms with E-state index in [0.717, 1.165) is 13.2 Å². The molecule has 0 saturated carbocycles. The molecule has 0 radical (unpaired) electrons. The maximum Gasteiger partial charge on any atom is 0.324 e. The Morgan fingerprint density at radius 2 is 0.870 bits per heavy atom. The molecular formula is C20H33ClN20O5. The highest BCUT2D eigenvalue weighted by Crippen LogP contribution is 2.13. The first-order valence-electron chi connectivity index (χ1n) is 12.5. The molecule has 13 N–H and O–H groups in total. The summed E-state index contributed by atoms with van der Waals surface area (Å²) in [5.41, 5.74) is 28.6. The molecule has 5 heterocycles. The second-order valence-corrected chi connectivity index (χ2v) is 8.01. The van der Waals surface area contributed by atoms with E-state index in [1.807, 2.05) is 0 Å². The van der Waals surface area contributed by atoms with Gasteiger partial charge < -0.3 is 46.6 Å². The van der Waals surface area contributed by atoms with Crippen molar-refractivity contribution in [3.8, 4) is 24.0 Å². The number of aromatic nitrogens is 12. The lowest BCUT2D eigenvalue weighted by Gasteiger charge is -2.08. The van der Waals surface area contributed by atoms with E-state index in [1.165, 1.54) is 41.3 Å². The fraction of sp³-hybridized carbons (Fsp3) is 0.400. The summed E-state index contributed by atoms with van der Waals surface area (Å²) in [6, 6.07) is 0.455. The first-order chi connectivity index (χ1) is 22.1. The molecule has 1 aliphatic heterocycles. The van der Waals surface area contributed by atoms with Gasteiger partial charge in [-0.2, -0.15) is 49.8 Å². The molecule has 4 aromatic heterocycles. The number of nitrogen functional groups attached to an aromatic ring is 5. The first kappa shape index (κ1) is 36.2. The molecular weight excluding hydrogens is 636 g/mol. The predicted octanol–water partition coefficient (Wildman–Crippen LogP) is -1.66. The summed E-state index contributed by atoms with van der Waals surface area (Å²) in [5, 5.41) is 0.0139. The van der Waals surface area contributed by atoms with Crippen LogP contribution in [0.5, 0.6) is 24.0 Å². The number of hydrazine groups is 2. The Balaban J connectivity index is 0.000000239. The molecule has 0 atom stereocenters. The second-order valence-electron chi connectivity index (χ2n) is 7.67. The van der Waals surface area contributed by atoms with Crippen LogP contribution in [-0.2, 0) is 4.74 Å². The van der Waals surface area contributed by atoms with E-state index in [0.29, 0.717) is 0 Å². The topological polar surface area (TPSA) is 367 Å². The minimum absolute atomic E-state index is 0.0139. The molecule has 4 aromatic rings.